The van der Waals surface area contributed by atoms with Crippen molar-refractivity contribution in [1.29, 1.82) is 0 Å². The van der Waals surface area contributed by atoms with E-state index in [9.17, 15) is 4.79 Å². The number of hydrogen-bond donors (Lipinski definition) is 1. The summed E-state index contributed by atoms with van der Waals surface area (Å²) in [5.41, 5.74) is 0.782. The number of aromatic nitrogens is 6. The molecule has 0 spiro atoms. The first kappa shape index (κ1) is 18.6. The average molecular weight is 410 g/mol. The maximum Gasteiger partial charge on any atom is 0.236 e. The van der Waals surface area contributed by atoms with Gasteiger partial charge >= 0.3 is 0 Å². The summed E-state index contributed by atoms with van der Waals surface area (Å²) in [6.45, 7) is 2.04. The normalized spacial score (nSPS) is 10.7. The summed E-state index contributed by atoms with van der Waals surface area (Å²) >= 11 is 4.18. The largest absolute Gasteiger partial charge is 0.497 e. The van der Waals surface area contributed by atoms with E-state index in [1.807, 2.05) is 31.2 Å². The molecule has 0 unspecified atom stereocenters. The van der Waals surface area contributed by atoms with Crippen molar-refractivity contribution in [3.8, 4) is 11.4 Å². The first-order valence-corrected chi connectivity index (χ1v) is 10.3. The van der Waals surface area contributed by atoms with Gasteiger partial charge in [0.2, 0.25) is 16.2 Å². The molecule has 0 radical (unpaired) electrons. The van der Waals surface area contributed by atoms with Gasteiger partial charge in [0, 0.05) is 0 Å². The summed E-state index contributed by atoms with van der Waals surface area (Å²) in [4.78, 5) is 12.1. The summed E-state index contributed by atoms with van der Waals surface area (Å²) in [5, 5.41) is 23.3. The lowest BCUT2D eigenvalue weighted by molar-refractivity contribution is -0.113. The summed E-state index contributed by atoms with van der Waals surface area (Å²) in [5.74, 6) is 1.62. The van der Waals surface area contributed by atoms with E-state index in [1.165, 1.54) is 23.1 Å². The topological polar surface area (TPSA) is 108 Å². The molecule has 2 heterocycles. The van der Waals surface area contributed by atoms with E-state index < -0.39 is 0 Å². The summed E-state index contributed by atoms with van der Waals surface area (Å²) in [6.07, 6.45) is 0. The minimum Gasteiger partial charge on any atom is -0.497 e. The van der Waals surface area contributed by atoms with Gasteiger partial charge in [-0.2, -0.15) is 4.68 Å². The number of anilines is 1. The fraction of sp³-hybridized carbons (Fsp3) is 0.286. The molecule has 0 fully saturated rings. The Labute approximate surface area is 161 Å². The van der Waals surface area contributed by atoms with Crippen molar-refractivity contribution in [3.63, 3.8) is 0 Å². The number of ether oxygens (including phenoxy) is 1. The number of carbonyl (C=O) groups excluding carboxylic acids is 1. The number of amides is 1. The lowest BCUT2D eigenvalue weighted by Crippen LogP contribution is -2.14. The minimum absolute atomic E-state index is 0.159. The zero-order valence-corrected chi connectivity index (χ0v) is 16.4. The van der Waals surface area contributed by atoms with Crippen LogP contribution >= 0.6 is 34.9 Å². The van der Waals surface area contributed by atoms with Gasteiger partial charge in [0.1, 0.15) is 5.75 Å². The van der Waals surface area contributed by atoms with Gasteiger partial charge in [-0.25, -0.2) is 0 Å². The molecule has 12 heteroatoms. The van der Waals surface area contributed by atoms with Crippen molar-refractivity contribution in [2.24, 2.45) is 0 Å². The quantitative estimate of drug-likeness (QED) is 0.443. The molecule has 1 N–H and O–H groups in total. The lowest BCUT2D eigenvalue weighted by atomic mass is 10.3. The third-order valence-electron chi connectivity index (χ3n) is 3.01. The zero-order valence-electron chi connectivity index (χ0n) is 13.9. The van der Waals surface area contributed by atoms with E-state index in [0.717, 1.165) is 21.5 Å². The van der Waals surface area contributed by atoms with Gasteiger partial charge in [-0.05, 0) is 40.4 Å². The van der Waals surface area contributed by atoms with Crippen LogP contribution in [0.4, 0.5) is 5.13 Å². The van der Waals surface area contributed by atoms with E-state index in [2.05, 4.69) is 31.0 Å². The molecular weight excluding hydrogens is 394 g/mol. The third-order valence-corrected chi connectivity index (χ3v) is 5.78. The standard InChI is InChI=1S/C14H15N7O2S3/c1-3-24-14-18-16-12(26-14)15-11(22)8-25-13-17-19-20-21(13)9-4-6-10(23-2)7-5-9/h4-7H,3,8H2,1-2H3,(H,15,16,22). The molecule has 136 valence electrons. The predicted octanol–water partition coefficient (Wildman–Crippen LogP) is 2.37. The Morgan fingerprint density at radius 3 is 2.77 bits per heavy atom. The maximum absolute atomic E-state index is 12.1. The highest BCUT2D eigenvalue weighted by Gasteiger charge is 2.13. The Morgan fingerprint density at radius 1 is 1.23 bits per heavy atom. The Bertz CT molecular complexity index is 866. The average Bonchev–Trinajstić information content (AvgIpc) is 3.30. The molecule has 0 aliphatic rings. The molecule has 2 aromatic heterocycles. The highest BCUT2D eigenvalue weighted by atomic mass is 32.2. The van der Waals surface area contributed by atoms with Gasteiger partial charge in [-0.3, -0.25) is 10.1 Å². The SMILES string of the molecule is CCSc1nnc(NC(=O)CSc2nnnn2-c2ccc(OC)cc2)s1. The summed E-state index contributed by atoms with van der Waals surface area (Å²) in [6, 6.07) is 7.32. The second kappa shape index (κ2) is 8.96. The number of tetrazole rings is 1. The number of rotatable bonds is 8. The molecule has 0 saturated carbocycles. The van der Waals surface area contributed by atoms with Gasteiger partial charge in [0.15, 0.2) is 4.34 Å². The number of methoxy groups -OCH3 is 1. The van der Waals surface area contributed by atoms with Crippen LogP contribution < -0.4 is 10.1 Å². The molecule has 0 bridgehead atoms. The molecule has 0 aliphatic carbocycles. The minimum atomic E-state index is -0.191. The van der Waals surface area contributed by atoms with Crippen LogP contribution in [-0.2, 0) is 4.79 Å². The van der Waals surface area contributed by atoms with Crippen LogP contribution in [0, 0.1) is 0 Å². The number of hydrogen-bond acceptors (Lipinski definition) is 10. The summed E-state index contributed by atoms with van der Waals surface area (Å²) in [7, 11) is 1.60. The van der Waals surface area contributed by atoms with Crippen molar-refractivity contribution >= 4 is 45.9 Å². The van der Waals surface area contributed by atoms with Crippen LogP contribution in [0.15, 0.2) is 33.8 Å². The molecule has 9 nitrogen and oxygen atoms in total. The van der Waals surface area contributed by atoms with Gasteiger partial charge in [-0.15, -0.1) is 15.3 Å². The second-order valence-electron chi connectivity index (χ2n) is 4.71. The zero-order chi connectivity index (χ0) is 18.4. The van der Waals surface area contributed by atoms with Gasteiger partial charge < -0.3 is 4.74 Å². The number of carbonyl (C=O) groups is 1. The Balaban J connectivity index is 1.59. The molecule has 0 aliphatic heterocycles. The predicted molar refractivity (Wildman–Crippen MR) is 101 cm³/mol. The van der Waals surface area contributed by atoms with E-state index in [0.29, 0.717) is 10.3 Å². The van der Waals surface area contributed by atoms with Gasteiger partial charge in [-0.1, -0.05) is 41.8 Å². The van der Waals surface area contributed by atoms with Crippen LogP contribution in [0.25, 0.3) is 5.69 Å². The second-order valence-corrected chi connectivity index (χ2v) is 8.15. The maximum atomic E-state index is 12.1. The molecule has 1 aromatic carbocycles. The first-order chi connectivity index (χ1) is 12.7. The van der Waals surface area contributed by atoms with Crippen LogP contribution in [0.2, 0.25) is 0 Å². The van der Waals surface area contributed by atoms with Crippen LogP contribution in [-0.4, -0.2) is 54.9 Å². The van der Waals surface area contributed by atoms with Gasteiger partial charge in [0.25, 0.3) is 0 Å². The number of nitrogens with zero attached hydrogens (tertiary/aromatic N) is 6. The van der Waals surface area contributed by atoms with Crippen molar-refractivity contribution < 1.29 is 9.53 Å². The van der Waals surface area contributed by atoms with E-state index in [-0.39, 0.29) is 11.7 Å². The van der Waals surface area contributed by atoms with Crippen molar-refractivity contribution in [1.82, 2.24) is 30.4 Å². The Morgan fingerprint density at radius 2 is 2.04 bits per heavy atom. The molecule has 3 rings (SSSR count). The highest BCUT2D eigenvalue weighted by Crippen LogP contribution is 2.25. The molecular formula is C14H15N7O2S3. The van der Waals surface area contributed by atoms with Gasteiger partial charge in [0.05, 0.1) is 18.6 Å². The molecule has 0 atom stereocenters. The fourth-order valence-corrected chi connectivity index (χ4v) is 4.24. The highest BCUT2D eigenvalue weighted by molar-refractivity contribution is 8.01. The lowest BCUT2D eigenvalue weighted by Gasteiger charge is -2.05. The van der Waals surface area contributed by atoms with Crippen molar-refractivity contribution in [2.75, 3.05) is 23.9 Å². The third kappa shape index (κ3) is 4.71. The Hall–Kier alpha value is -2.18. The molecule has 26 heavy (non-hydrogen) atoms. The molecule has 3 aromatic rings. The van der Waals surface area contributed by atoms with Crippen molar-refractivity contribution in [3.05, 3.63) is 24.3 Å². The van der Waals surface area contributed by atoms with Crippen LogP contribution in [0.1, 0.15) is 6.92 Å². The first-order valence-electron chi connectivity index (χ1n) is 7.51. The van der Waals surface area contributed by atoms with Crippen molar-refractivity contribution in [2.45, 2.75) is 16.4 Å². The number of thioether (sulfide) groups is 2. The smallest absolute Gasteiger partial charge is 0.236 e. The number of benzene rings is 1. The Kier molecular flexibility index (Phi) is 6.41. The van der Waals surface area contributed by atoms with E-state index in [1.54, 1.807) is 23.6 Å². The summed E-state index contributed by atoms with van der Waals surface area (Å²) < 4.78 is 7.54. The van der Waals surface area contributed by atoms with Crippen LogP contribution in [0.5, 0.6) is 5.75 Å². The van der Waals surface area contributed by atoms with Crippen LogP contribution in [0.3, 0.4) is 0 Å². The molecule has 0 saturated heterocycles. The fourth-order valence-electron chi connectivity index (χ4n) is 1.88. The van der Waals surface area contributed by atoms with E-state index in [4.69, 9.17) is 4.74 Å². The van der Waals surface area contributed by atoms with E-state index >= 15 is 0 Å². The number of nitrogens with one attached hydrogen (secondary N) is 1. The monoisotopic (exact) mass is 409 g/mol. The molecule has 1 amide bonds.